The summed E-state index contributed by atoms with van der Waals surface area (Å²) in [5, 5.41) is 1.35. The van der Waals surface area contributed by atoms with Gasteiger partial charge in [0.1, 0.15) is 0 Å². The largest absolute Gasteiger partial charge is 0.263 e. The molecule has 19 heavy (non-hydrogen) atoms. The zero-order chi connectivity index (χ0) is 12.7. The lowest BCUT2D eigenvalue weighted by molar-refractivity contribution is 0.700. The smallest absolute Gasteiger partial charge is 0.0731 e. The van der Waals surface area contributed by atoms with Gasteiger partial charge < -0.3 is 0 Å². The molecule has 94 valence electrons. The van der Waals surface area contributed by atoms with E-state index in [-0.39, 0.29) is 0 Å². The lowest BCUT2D eigenvalue weighted by Gasteiger charge is -2.09. The number of aromatic nitrogens is 2. The molecule has 0 atom stereocenters. The summed E-state index contributed by atoms with van der Waals surface area (Å²) in [7, 11) is 0. The van der Waals surface area contributed by atoms with E-state index in [2.05, 4.69) is 16.0 Å². The number of aryl methyl sites for hydroxylation is 2. The first-order valence-electron chi connectivity index (χ1n) is 6.73. The number of rotatable bonds is 1. The first-order chi connectivity index (χ1) is 9.43. The molecular formula is C16H14N2S. The van der Waals surface area contributed by atoms with Gasteiger partial charge in [0.25, 0.3) is 0 Å². The number of fused-ring (bicyclic) bond motifs is 3. The molecular weight excluding hydrogens is 252 g/mol. The fourth-order valence-corrected chi connectivity index (χ4v) is 4.26. The molecule has 1 aliphatic carbocycles. The van der Waals surface area contributed by atoms with Crippen molar-refractivity contribution in [3.8, 4) is 11.3 Å². The Balaban J connectivity index is 2.00. The van der Waals surface area contributed by atoms with E-state index in [9.17, 15) is 0 Å². The summed E-state index contributed by atoms with van der Waals surface area (Å²) < 4.78 is 1.36. The van der Waals surface area contributed by atoms with Crippen LogP contribution in [0.5, 0.6) is 0 Å². The van der Waals surface area contributed by atoms with Gasteiger partial charge in [0.05, 0.1) is 5.69 Å². The molecule has 1 aliphatic rings. The van der Waals surface area contributed by atoms with Crippen molar-refractivity contribution < 1.29 is 0 Å². The molecule has 2 nitrogen and oxygen atoms in total. The molecule has 3 heteroatoms. The minimum absolute atomic E-state index is 1.03. The van der Waals surface area contributed by atoms with Crippen LogP contribution in [0.2, 0.25) is 0 Å². The third-order valence-electron chi connectivity index (χ3n) is 3.80. The minimum Gasteiger partial charge on any atom is -0.263 e. The second-order valence-electron chi connectivity index (χ2n) is 4.99. The van der Waals surface area contributed by atoms with E-state index >= 15 is 0 Å². The Hall–Kier alpha value is -1.74. The average molecular weight is 266 g/mol. The van der Waals surface area contributed by atoms with Gasteiger partial charge in [0.2, 0.25) is 0 Å². The van der Waals surface area contributed by atoms with E-state index in [1.807, 2.05) is 42.1 Å². The Morgan fingerprint density at radius 3 is 2.89 bits per heavy atom. The highest BCUT2D eigenvalue weighted by Gasteiger charge is 2.18. The van der Waals surface area contributed by atoms with Crippen LogP contribution in [0.1, 0.15) is 23.3 Å². The lowest BCUT2D eigenvalue weighted by Crippen LogP contribution is -1.97. The predicted molar refractivity (Wildman–Crippen MR) is 79.5 cm³/mol. The molecule has 0 radical (unpaired) electrons. The molecule has 0 spiro atoms. The van der Waals surface area contributed by atoms with Gasteiger partial charge in [-0.2, -0.15) is 0 Å². The van der Waals surface area contributed by atoms with Crippen LogP contribution in [-0.2, 0) is 12.8 Å². The number of hydrogen-bond acceptors (Lipinski definition) is 3. The van der Waals surface area contributed by atoms with Crippen LogP contribution >= 0.6 is 11.3 Å². The number of nitrogens with zero attached hydrogens (tertiary/aromatic N) is 2. The number of thiophene rings is 1. The molecule has 0 unspecified atom stereocenters. The van der Waals surface area contributed by atoms with Crippen molar-refractivity contribution in [2.24, 2.45) is 0 Å². The monoisotopic (exact) mass is 266 g/mol. The van der Waals surface area contributed by atoms with Crippen LogP contribution in [0.3, 0.4) is 0 Å². The Morgan fingerprint density at radius 2 is 2.00 bits per heavy atom. The normalized spacial score (nSPS) is 14.5. The Labute approximate surface area is 116 Å². The lowest BCUT2D eigenvalue weighted by atomic mass is 9.96. The summed E-state index contributed by atoms with van der Waals surface area (Å²) in [4.78, 5) is 10.5. The van der Waals surface area contributed by atoms with Crippen LogP contribution in [0, 0.1) is 0 Å². The minimum atomic E-state index is 1.03. The van der Waals surface area contributed by atoms with Crippen molar-refractivity contribution in [2.75, 3.05) is 0 Å². The third-order valence-corrected chi connectivity index (χ3v) is 5.15. The summed E-state index contributed by atoms with van der Waals surface area (Å²) in [5.41, 5.74) is 3.74. The fourth-order valence-electron chi connectivity index (χ4n) is 2.88. The molecule has 0 N–H and O–H groups in total. The SMILES string of the molecule is c1ccc(-c2cncc3c4c(sc23)CCCC4)nc1. The van der Waals surface area contributed by atoms with E-state index in [1.54, 1.807) is 4.88 Å². The van der Waals surface area contributed by atoms with Gasteiger partial charge in [-0.25, -0.2) is 0 Å². The highest BCUT2D eigenvalue weighted by atomic mass is 32.1. The molecule has 0 amide bonds. The molecule has 0 bridgehead atoms. The van der Waals surface area contributed by atoms with Crippen molar-refractivity contribution in [3.05, 3.63) is 47.2 Å². The summed E-state index contributed by atoms with van der Waals surface area (Å²) >= 11 is 1.94. The second kappa shape index (κ2) is 4.42. The fraction of sp³-hybridized carbons (Fsp3) is 0.250. The molecule has 0 aliphatic heterocycles. The van der Waals surface area contributed by atoms with Gasteiger partial charge in [-0.05, 0) is 43.4 Å². The molecule has 3 aromatic rings. The van der Waals surface area contributed by atoms with Crippen molar-refractivity contribution in [1.82, 2.24) is 9.97 Å². The number of hydrogen-bond donors (Lipinski definition) is 0. The topological polar surface area (TPSA) is 25.8 Å². The van der Waals surface area contributed by atoms with Gasteiger partial charge in [0.15, 0.2) is 0 Å². The average Bonchev–Trinajstić information content (AvgIpc) is 2.87. The molecule has 3 aromatic heterocycles. The van der Waals surface area contributed by atoms with Crippen molar-refractivity contribution in [1.29, 1.82) is 0 Å². The van der Waals surface area contributed by atoms with E-state index in [1.165, 1.54) is 46.9 Å². The molecule has 3 heterocycles. The Bertz CT molecular complexity index is 731. The Kier molecular flexibility index (Phi) is 2.59. The molecule has 4 rings (SSSR count). The first kappa shape index (κ1) is 11.1. The summed E-state index contributed by atoms with van der Waals surface area (Å²) in [6, 6.07) is 6.06. The Morgan fingerprint density at radius 1 is 1.05 bits per heavy atom. The molecule has 0 saturated heterocycles. The van der Waals surface area contributed by atoms with Crippen LogP contribution in [0.15, 0.2) is 36.8 Å². The standard InChI is InChI=1S/C16H14N2S/c1-2-7-15-11(5-1)12-9-17-10-13(16(12)19-15)14-6-3-4-8-18-14/h3-4,6,8-10H,1-2,5,7H2. The van der Waals surface area contributed by atoms with E-state index in [0.29, 0.717) is 0 Å². The first-order valence-corrected chi connectivity index (χ1v) is 7.55. The number of pyridine rings is 2. The van der Waals surface area contributed by atoms with Crippen molar-refractivity contribution >= 4 is 21.4 Å². The van der Waals surface area contributed by atoms with E-state index < -0.39 is 0 Å². The predicted octanol–water partition coefficient (Wildman–Crippen LogP) is 4.24. The highest BCUT2D eigenvalue weighted by molar-refractivity contribution is 7.19. The van der Waals surface area contributed by atoms with Crippen LogP contribution in [-0.4, -0.2) is 9.97 Å². The maximum absolute atomic E-state index is 4.47. The van der Waals surface area contributed by atoms with Gasteiger partial charge in [-0.3, -0.25) is 9.97 Å². The zero-order valence-corrected chi connectivity index (χ0v) is 11.4. The van der Waals surface area contributed by atoms with Gasteiger partial charge >= 0.3 is 0 Å². The molecule has 0 aromatic carbocycles. The van der Waals surface area contributed by atoms with E-state index in [4.69, 9.17) is 0 Å². The molecule has 0 saturated carbocycles. The zero-order valence-electron chi connectivity index (χ0n) is 10.6. The van der Waals surface area contributed by atoms with Crippen LogP contribution < -0.4 is 0 Å². The van der Waals surface area contributed by atoms with Crippen molar-refractivity contribution in [3.63, 3.8) is 0 Å². The summed E-state index contributed by atoms with van der Waals surface area (Å²) in [5.74, 6) is 0. The maximum atomic E-state index is 4.47. The van der Waals surface area contributed by atoms with E-state index in [0.717, 1.165) is 5.69 Å². The second-order valence-corrected chi connectivity index (χ2v) is 6.09. The van der Waals surface area contributed by atoms with Gasteiger partial charge in [-0.15, -0.1) is 11.3 Å². The van der Waals surface area contributed by atoms with Gasteiger partial charge in [0, 0.05) is 39.1 Å². The van der Waals surface area contributed by atoms with Crippen LogP contribution in [0.4, 0.5) is 0 Å². The highest BCUT2D eigenvalue weighted by Crippen LogP contribution is 2.40. The maximum Gasteiger partial charge on any atom is 0.0731 e. The quantitative estimate of drug-likeness (QED) is 0.658. The summed E-state index contributed by atoms with van der Waals surface area (Å²) in [6.07, 6.45) is 10.9. The summed E-state index contributed by atoms with van der Waals surface area (Å²) in [6.45, 7) is 0. The third kappa shape index (κ3) is 1.77. The van der Waals surface area contributed by atoms with Crippen molar-refractivity contribution in [2.45, 2.75) is 25.7 Å². The van der Waals surface area contributed by atoms with Gasteiger partial charge in [-0.1, -0.05) is 6.07 Å². The molecule has 0 fully saturated rings. The van der Waals surface area contributed by atoms with Crippen LogP contribution in [0.25, 0.3) is 21.3 Å².